The zero-order chi connectivity index (χ0) is 15.5. The molecule has 0 unspecified atom stereocenters. The highest BCUT2D eigenvalue weighted by Gasteiger charge is 2.10. The number of halogens is 1. The monoisotopic (exact) mass is 403 g/mol. The predicted molar refractivity (Wildman–Crippen MR) is 97.5 cm³/mol. The van der Waals surface area contributed by atoms with E-state index in [2.05, 4.69) is 32.7 Å². The quantitative estimate of drug-likeness (QED) is 0.525. The summed E-state index contributed by atoms with van der Waals surface area (Å²) in [5.74, 6) is 0. The summed E-state index contributed by atoms with van der Waals surface area (Å²) < 4.78 is 2.58. The standard InChI is InChI=1S/C17H14IN3O/c1-12-14(11-19-16-10-6-5-9-15(16)18)17(22)21(20-12)13-7-3-2-4-8-13/h2-11,20H,1H3. The van der Waals surface area contributed by atoms with Crippen LogP contribution in [0.5, 0.6) is 0 Å². The maximum atomic E-state index is 12.5. The molecular formula is C17H14IN3O. The van der Waals surface area contributed by atoms with E-state index in [0.717, 1.165) is 20.6 Å². The molecule has 4 nitrogen and oxygen atoms in total. The number of hydrogen-bond donors (Lipinski definition) is 1. The van der Waals surface area contributed by atoms with Crippen LogP contribution in [0.15, 0.2) is 64.4 Å². The first-order valence-corrected chi connectivity index (χ1v) is 7.90. The average molecular weight is 403 g/mol. The SMILES string of the molecule is Cc1[nH]n(-c2ccccc2)c(=O)c1C=Nc1ccccc1I. The largest absolute Gasteiger partial charge is 0.295 e. The number of rotatable bonds is 3. The van der Waals surface area contributed by atoms with Gasteiger partial charge in [0.1, 0.15) is 0 Å². The van der Waals surface area contributed by atoms with E-state index in [-0.39, 0.29) is 5.56 Å². The first-order valence-electron chi connectivity index (χ1n) is 6.82. The van der Waals surface area contributed by atoms with Crippen molar-refractivity contribution in [3.63, 3.8) is 0 Å². The van der Waals surface area contributed by atoms with E-state index < -0.39 is 0 Å². The van der Waals surface area contributed by atoms with E-state index in [0.29, 0.717) is 5.56 Å². The number of aromatic nitrogens is 2. The molecule has 3 rings (SSSR count). The molecule has 22 heavy (non-hydrogen) atoms. The summed E-state index contributed by atoms with van der Waals surface area (Å²) in [6, 6.07) is 17.3. The van der Waals surface area contributed by atoms with Crippen molar-refractivity contribution >= 4 is 34.5 Å². The van der Waals surface area contributed by atoms with E-state index in [1.165, 1.54) is 4.68 Å². The highest BCUT2D eigenvalue weighted by molar-refractivity contribution is 14.1. The lowest BCUT2D eigenvalue weighted by Crippen LogP contribution is -2.17. The number of para-hydroxylation sites is 2. The predicted octanol–water partition coefficient (Wildman–Crippen LogP) is 3.83. The van der Waals surface area contributed by atoms with Gasteiger partial charge in [0.05, 0.1) is 16.9 Å². The minimum atomic E-state index is -0.0987. The van der Waals surface area contributed by atoms with E-state index in [1.807, 2.05) is 61.5 Å². The van der Waals surface area contributed by atoms with Gasteiger partial charge >= 0.3 is 0 Å². The van der Waals surface area contributed by atoms with Gasteiger partial charge in [0, 0.05) is 15.5 Å². The third kappa shape index (κ3) is 2.89. The molecule has 0 fully saturated rings. The normalized spacial score (nSPS) is 11.2. The van der Waals surface area contributed by atoms with Gasteiger partial charge in [-0.25, -0.2) is 4.68 Å². The number of benzene rings is 2. The van der Waals surface area contributed by atoms with Crippen molar-refractivity contribution < 1.29 is 0 Å². The second kappa shape index (κ2) is 6.31. The molecule has 1 aromatic heterocycles. The fourth-order valence-electron chi connectivity index (χ4n) is 2.16. The Morgan fingerprint density at radius 2 is 1.77 bits per heavy atom. The highest BCUT2D eigenvalue weighted by atomic mass is 127. The van der Waals surface area contributed by atoms with Crippen LogP contribution in [0.3, 0.4) is 0 Å². The summed E-state index contributed by atoms with van der Waals surface area (Å²) in [5, 5.41) is 3.09. The lowest BCUT2D eigenvalue weighted by molar-refractivity contribution is 0.835. The fourth-order valence-corrected chi connectivity index (χ4v) is 2.69. The second-order valence-electron chi connectivity index (χ2n) is 4.84. The molecule has 0 aliphatic carbocycles. The Morgan fingerprint density at radius 1 is 1.09 bits per heavy atom. The van der Waals surface area contributed by atoms with Crippen LogP contribution < -0.4 is 5.56 Å². The smallest absolute Gasteiger partial charge is 0.280 e. The second-order valence-corrected chi connectivity index (χ2v) is 6.00. The summed E-state index contributed by atoms with van der Waals surface area (Å²) in [4.78, 5) is 17.0. The molecule has 1 heterocycles. The maximum Gasteiger partial charge on any atom is 0.280 e. The number of nitrogens with one attached hydrogen (secondary N) is 1. The molecule has 0 aliphatic heterocycles. The van der Waals surface area contributed by atoms with Crippen LogP contribution in [0.4, 0.5) is 5.69 Å². The minimum absolute atomic E-state index is 0.0987. The molecule has 0 spiro atoms. The van der Waals surface area contributed by atoms with Crippen LogP contribution in [-0.4, -0.2) is 16.0 Å². The van der Waals surface area contributed by atoms with Crippen molar-refractivity contribution in [2.24, 2.45) is 4.99 Å². The summed E-state index contributed by atoms with van der Waals surface area (Å²) in [6.07, 6.45) is 1.63. The lowest BCUT2D eigenvalue weighted by atomic mass is 10.2. The Labute approximate surface area is 141 Å². The molecule has 0 atom stereocenters. The van der Waals surface area contributed by atoms with Crippen LogP contribution in [0, 0.1) is 10.5 Å². The molecule has 110 valence electrons. The number of aliphatic imine (C=N–C) groups is 1. The summed E-state index contributed by atoms with van der Waals surface area (Å²) in [7, 11) is 0. The van der Waals surface area contributed by atoms with E-state index in [4.69, 9.17) is 0 Å². The van der Waals surface area contributed by atoms with Crippen LogP contribution in [-0.2, 0) is 0 Å². The van der Waals surface area contributed by atoms with Crippen molar-refractivity contribution in [1.29, 1.82) is 0 Å². The van der Waals surface area contributed by atoms with Gasteiger partial charge in [0.15, 0.2) is 0 Å². The summed E-state index contributed by atoms with van der Waals surface area (Å²) >= 11 is 2.23. The molecule has 2 aromatic carbocycles. The van der Waals surface area contributed by atoms with Gasteiger partial charge in [-0.05, 0) is 53.8 Å². The molecule has 0 aliphatic rings. The third-order valence-corrected chi connectivity index (χ3v) is 4.23. The number of aromatic amines is 1. The van der Waals surface area contributed by atoms with Crippen molar-refractivity contribution in [3.05, 3.63) is 79.8 Å². The first-order chi connectivity index (χ1) is 10.7. The average Bonchev–Trinajstić information content (AvgIpc) is 2.82. The molecule has 0 amide bonds. The fraction of sp³-hybridized carbons (Fsp3) is 0.0588. The number of aryl methyl sites for hydroxylation is 1. The molecule has 0 bridgehead atoms. The van der Waals surface area contributed by atoms with Gasteiger partial charge in [-0.1, -0.05) is 30.3 Å². The Bertz CT molecular complexity index is 878. The van der Waals surface area contributed by atoms with Crippen LogP contribution >= 0.6 is 22.6 Å². The van der Waals surface area contributed by atoms with Crippen molar-refractivity contribution in [2.75, 3.05) is 0 Å². The summed E-state index contributed by atoms with van der Waals surface area (Å²) in [5.41, 5.74) is 2.93. The van der Waals surface area contributed by atoms with Gasteiger partial charge in [0.25, 0.3) is 5.56 Å². The third-order valence-electron chi connectivity index (χ3n) is 3.32. The van der Waals surface area contributed by atoms with Crippen molar-refractivity contribution in [1.82, 2.24) is 9.78 Å². The minimum Gasteiger partial charge on any atom is -0.295 e. The van der Waals surface area contributed by atoms with E-state index in [1.54, 1.807) is 6.21 Å². The van der Waals surface area contributed by atoms with Crippen LogP contribution in [0.1, 0.15) is 11.3 Å². The highest BCUT2D eigenvalue weighted by Crippen LogP contribution is 2.20. The molecular weight excluding hydrogens is 389 g/mol. The zero-order valence-corrected chi connectivity index (χ0v) is 14.1. The van der Waals surface area contributed by atoms with E-state index in [9.17, 15) is 4.79 Å². The van der Waals surface area contributed by atoms with Gasteiger partial charge in [-0.15, -0.1) is 0 Å². The maximum absolute atomic E-state index is 12.5. The Morgan fingerprint density at radius 3 is 2.50 bits per heavy atom. The number of H-pyrrole nitrogens is 1. The van der Waals surface area contributed by atoms with Crippen molar-refractivity contribution in [2.45, 2.75) is 6.92 Å². The summed E-state index contributed by atoms with van der Waals surface area (Å²) in [6.45, 7) is 1.87. The lowest BCUT2D eigenvalue weighted by Gasteiger charge is -1.99. The topological polar surface area (TPSA) is 50.1 Å². The Balaban J connectivity index is 2.01. The molecule has 5 heteroatoms. The molecule has 1 N–H and O–H groups in total. The van der Waals surface area contributed by atoms with Crippen molar-refractivity contribution in [3.8, 4) is 5.69 Å². The number of hydrogen-bond acceptors (Lipinski definition) is 2. The molecule has 0 saturated carbocycles. The molecule has 3 aromatic rings. The molecule has 0 saturated heterocycles. The van der Waals surface area contributed by atoms with E-state index >= 15 is 0 Å². The number of nitrogens with zero attached hydrogens (tertiary/aromatic N) is 2. The first kappa shape index (κ1) is 14.8. The Hall–Kier alpha value is -2.15. The zero-order valence-electron chi connectivity index (χ0n) is 12.0. The molecule has 0 radical (unpaired) electrons. The van der Waals surface area contributed by atoms with Crippen LogP contribution in [0.2, 0.25) is 0 Å². The van der Waals surface area contributed by atoms with Gasteiger partial charge < -0.3 is 0 Å². The van der Waals surface area contributed by atoms with Gasteiger partial charge in [0.2, 0.25) is 0 Å². The van der Waals surface area contributed by atoms with Gasteiger partial charge in [-0.2, -0.15) is 0 Å². The van der Waals surface area contributed by atoms with Crippen LogP contribution in [0.25, 0.3) is 5.69 Å². The Kier molecular flexibility index (Phi) is 4.24. The van der Waals surface area contributed by atoms with Gasteiger partial charge in [-0.3, -0.25) is 14.9 Å².